The van der Waals surface area contributed by atoms with Crippen LogP contribution >= 0.6 is 0 Å². The molecule has 2 rings (SSSR count). The summed E-state index contributed by atoms with van der Waals surface area (Å²) < 4.78 is 5.53. The third-order valence-electron chi connectivity index (χ3n) is 6.21. The number of hydrogen-bond acceptors (Lipinski definition) is 5. The molecular weight excluding hydrogens is 448 g/mol. The van der Waals surface area contributed by atoms with Gasteiger partial charge in [-0.05, 0) is 50.2 Å². The maximum Gasteiger partial charge on any atom is 0.303 e. The lowest BCUT2D eigenvalue weighted by Crippen LogP contribution is -2.26. The largest absolute Gasteiger partial charge is 0.494 e. The van der Waals surface area contributed by atoms with Gasteiger partial charge in [-0.15, -0.1) is 0 Å². The molecule has 0 atom stereocenters. The molecule has 0 aliphatic heterocycles. The number of carbonyl (C=O) groups is 3. The molecule has 0 spiro atoms. The van der Waals surface area contributed by atoms with Crippen molar-refractivity contribution in [3.8, 4) is 5.75 Å². The smallest absolute Gasteiger partial charge is 0.303 e. The van der Waals surface area contributed by atoms with Crippen molar-refractivity contribution >= 4 is 23.5 Å². The molecule has 0 unspecified atom stereocenters. The Hall–Kier alpha value is -2.61. The average molecular weight is 491 g/mol. The highest BCUT2D eigenvalue weighted by atomic mass is 16.6. The molecule has 196 valence electrons. The lowest BCUT2D eigenvalue weighted by Gasteiger charge is -2.19. The van der Waals surface area contributed by atoms with E-state index in [1.165, 1.54) is 44.9 Å². The van der Waals surface area contributed by atoms with Gasteiger partial charge in [-0.25, -0.2) is 5.48 Å². The highest BCUT2D eigenvalue weighted by Crippen LogP contribution is 2.22. The van der Waals surface area contributed by atoms with Gasteiger partial charge in [-0.2, -0.15) is 0 Å². The Bertz CT molecular complexity index is 762. The molecule has 0 heterocycles. The number of unbranched alkanes of at least 4 members (excludes halogenated alkanes) is 3. The standard InChI is InChI=1S/C27H42N2O6/c30-25(28-23-14-10-15-24(20-23)34-19-11-18-27(32)33)16-8-4-5-9-17-26(31)29-35-21-22-12-6-2-1-3-7-13-22/h10,14-15,20,22H,1-9,11-13,16-19,21H2,(H,28,30)(H,29,31)(H,32,33). The SMILES string of the molecule is O=C(O)CCCOc1cccc(NC(=O)CCCCCCC(=O)NOCC2CCCCCCC2)c1. The third-order valence-corrected chi connectivity index (χ3v) is 6.21. The minimum absolute atomic E-state index is 0.0617. The molecule has 2 amide bonds. The molecule has 3 N–H and O–H groups in total. The van der Waals surface area contributed by atoms with Crippen molar-refractivity contribution < 1.29 is 29.1 Å². The van der Waals surface area contributed by atoms with E-state index in [2.05, 4.69) is 10.8 Å². The Morgan fingerprint density at radius 3 is 2.26 bits per heavy atom. The van der Waals surface area contributed by atoms with Gasteiger partial charge in [0.25, 0.3) is 0 Å². The number of ether oxygens (including phenoxy) is 1. The molecule has 0 bridgehead atoms. The summed E-state index contributed by atoms with van der Waals surface area (Å²) in [6.07, 6.45) is 13.5. The van der Waals surface area contributed by atoms with Crippen LogP contribution in [0.15, 0.2) is 24.3 Å². The summed E-state index contributed by atoms with van der Waals surface area (Å²) in [6, 6.07) is 7.08. The maximum atomic E-state index is 12.2. The van der Waals surface area contributed by atoms with Crippen molar-refractivity contribution in [1.82, 2.24) is 5.48 Å². The van der Waals surface area contributed by atoms with Crippen molar-refractivity contribution in [1.29, 1.82) is 0 Å². The summed E-state index contributed by atoms with van der Waals surface area (Å²) in [4.78, 5) is 40.1. The van der Waals surface area contributed by atoms with Crippen LogP contribution in [0.25, 0.3) is 0 Å². The van der Waals surface area contributed by atoms with Gasteiger partial charge in [0, 0.05) is 31.0 Å². The van der Waals surface area contributed by atoms with Crippen LogP contribution in [0.4, 0.5) is 5.69 Å². The summed E-state index contributed by atoms with van der Waals surface area (Å²) >= 11 is 0. The number of amides is 2. The van der Waals surface area contributed by atoms with E-state index < -0.39 is 5.97 Å². The van der Waals surface area contributed by atoms with Gasteiger partial charge < -0.3 is 15.2 Å². The number of rotatable bonds is 16. The van der Waals surface area contributed by atoms with Gasteiger partial charge in [-0.3, -0.25) is 19.2 Å². The number of hydrogen-bond donors (Lipinski definition) is 3. The molecule has 0 radical (unpaired) electrons. The fourth-order valence-corrected chi connectivity index (χ4v) is 4.22. The molecule has 0 aromatic heterocycles. The van der Waals surface area contributed by atoms with E-state index in [9.17, 15) is 14.4 Å². The van der Waals surface area contributed by atoms with Gasteiger partial charge in [0.05, 0.1) is 13.2 Å². The van der Waals surface area contributed by atoms with Crippen LogP contribution < -0.4 is 15.5 Å². The van der Waals surface area contributed by atoms with Crippen LogP contribution in [0.5, 0.6) is 5.75 Å². The molecule has 35 heavy (non-hydrogen) atoms. The number of hydroxylamine groups is 1. The van der Waals surface area contributed by atoms with Crippen molar-refractivity contribution in [3.63, 3.8) is 0 Å². The summed E-state index contributed by atoms with van der Waals surface area (Å²) in [6.45, 7) is 0.926. The van der Waals surface area contributed by atoms with Gasteiger partial charge in [0.15, 0.2) is 0 Å². The zero-order valence-electron chi connectivity index (χ0n) is 20.9. The van der Waals surface area contributed by atoms with E-state index in [-0.39, 0.29) is 18.2 Å². The van der Waals surface area contributed by atoms with Crippen molar-refractivity contribution in [3.05, 3.63) is 24.3 Å². The van der Waals surface area contributed by atoms with E-state index in [1.54, 1.807) is 24.3 Å². The maximum absolute atomic E-state index is 12.2. The molecule has 1 aliphatic carbocycles. The second-order valence-electron chi connectivity index (χ2n) is 9.38. The summed E-state index contributed by atoms with van der Waals surface area (Å²) in [5, 5.41) is 11.5. The monoisotopic (exact) mass is 490 g/mol. The number of benzene rings is 1. The first-order valence-electron chi connectivity index (χ1n) is 13.2. The second kappa shape index (κ2) is 17.8. The van der Waals surface area contributed by atoms with Gasteiger partial charge >= 0.3 is 5.97 Å². The van der Waals surface area contributed by atoms with Crippen molar-refractivity contribution in [2.24, 2.45) is 5.92 Å². The first-order chi connectivity index (χ1) is 17.0. The number of carboxylic acid groups (broad SMARTS) is 1. The molecule has 1 aromatic rings. The van der Waals surface area contributed by atoms with E-state index >= 15 is 0 Å². The topological polar surface area (TPSA) is 114 Å². The number of carboxylic acids is 1. The Morgan fingerprint density at radius 1 is 0.857 bits per heavy atom. The van der Waals surface area contributed by atoms with Gasteiger partial charge in [-0.1, -0.05) is 51.0 Å². The molecule has 1 aliphatic rings. The lowest BCUT2D eigenvalue weighted by atomic mass is 9.92. The molecule has 1 saturated carbocycles. The van der Waals surface area contributed by atoms with E-state index in [0.717, 1.165) is 25.7 Å². The minimum Gasteiger partial charge on any atom is -0.494 e. The number of carbonyl (C=O) groups excluding carboxylic acids is 2. The Morgan fingerprint density at radius 2 is 1.54 bits per heavy atom. The fourth-order valence-electron chi connectivity index (χ4n) is 4.22. The predicted molar refractivity (Wildman–Crippen MR) is 135 cm³/mol. The van der Waals surface area contributed by atoms with E-state index in [0.29, 0.717) is 49.8 Å². The van der Waals surface area contributed by atoms with Crippen molar-refractivity contribution in [2.75, 3.05) is 18.5 Å². The Balaban J connectivity index is 1.48. The van der Waals surface area contributed by atoms with E-state index in [4.69, 9.17) is 14.7 Å². The molecule has 0 saturated heterocycles. The van der Waals surface area contributed by atoms with Crippen LogP contribution in [0, 0.1) is 5.92 Å². The third kappa shape index (κ3) is 14.4. The molecule has 8 heteroatoms. The summed E-state index contributed by atoms with van der Waals surface area (Å²) in [5.74, 6) is 0.176. The second-order valence-corrected chi connectivity index (χ2v) is 9.38. The molecule has 1 fully saturated rings. The minimum atomic E-state index is -0.845. The quantitative estimate of drug-likeness (QED) is 0.205. The zero-order chi connectivity index (χ0) is 25.1. The van der Waals surface area contributed by atoms with Crippen LogP contribution in [0.2, 0.25) is 0 Å². The molecule has 1 aromatic carbocycles. The average Bonchev–Trinajstić information content (AvgIpc) is 2.80. The summed E-state index contributed by atoms with van der Waals surface area (Å²) in [7, 11) is 0. The lowest BCUT2D eigenvalue weighted by molar-refractivity contribution is -0.137. The zero-order valence-corrected chi connectivity index (χ0v) is 20.9. The Kier molecular flexibility index (Phi) is 14.5. The highest BCUT2D eigenvalue weighted by Gasteiger charge is 2.12. The number of nitrogens with one attached hydrogen (secondary N) is 2. The van der Waals surface area contributed by atoms with Gasteiger partial charge in [0.1, 0.15) is 5.75 Å². The first kappa shape index (κ1) is 28.6. The molecular formula is C27H42N2O6. The number of anilines is 1. The number of aliphatic carboxylic acids is 1. The van der Waals surface area contributed by atoms with Crippen LogP contribution in [0.1, 0.15) is 96.3 Å². The van der Waals surface area contributed by atoms with Crippen LogP contribution in [-0.2, 0) is 19.2 Å². The van der Waals surface area contributed by atoms with Crippen molar-refractivity contribution in [2.45, 2.75) is 96.3 Å². The van der Waals surface area contributed by atoms with E-state index in [1.807, 2.05) is 0 Å². The normalized spacial score (nSPS) is 14.5. The fraction of sp³-hybridized carbons (Fsp3) is 0.667. The van der Waals surface area contributed by atoms with Crippen LogP contribution in [0.3, 0.4) is 0 Å². The Labute approximate surface area is 209 Å². The summed E-state index contributed by atoms with van der Waals surface area (Å²) in [5.41, 5.74) is 3.24. The van der Waals surface area contributed by atoms with Crippen LogP contribution in [-0.4, -0.2) is 36.1 Å². The first-order valence-corrected chi connectivity index (χ1v) is 13.2. The molecule has 8 nitrogen and oxygen atoms in total. The predicted octanol–water partition coefficient (Wildman–Crippen LogP) is 5.62. The highest BCUT2D eigenvalue weighted by molar-refractivity contribution is 5.90. The van der Waals surface area contributed by atoms with Gasteiger partial charge in [0.2, 0.25) is 11.8 Å².